The molecule has 6 heteroatoms. The highest BCUT2D eigenvalue weighted by Crippen LogP contribution is 2.25. The zero-order valence-electron chi connectivity index (χ0n) is 13.6. The Labute approximate surface area is 141 Å². The topological polar surface area (TPSA) is 79.9 Å². The lowest BCUT2D eigenvalue weighted by Crippen LogP contribution is -2.28. The molecule has 24 heavy (non-hydrogen) atoms. The molecule has 0 bridgehead atoms. The minimum Gasteiger partial charge on any atom is -0.474 e. The molecule has 126 valence electrons. The first kappa shape index (κ1) is 15.2. The van der Waals surface area contributed by atoms with Gasteiger partial charge in [0.2, 0.25) is 11.8 Å². The number of H-pyrrole nitrogens is 1. The number of ether oxygens (including phenoxy) is 1. The summed E-state index contributed by atoms with van der Waals surface area (Å²) in [6, 6.07) is 3.70. The van der Waals surface area contributed by atoms with E-state index in [1.165, 1.54) is 12.8 Å². The van der Waals surface area contributed by atoms with Gasteiger partial charge in [-0.15, -0.1) is 0 Å². The van der Waals surface area contributed by atoms with Crippen LogP contribution in [0.1, 0.15) is 43.5 Å². The van der Waals surface area contributed by atoms with Gasteiger partial charge in [-0.2, -0.15) is 0 Å². The lowest BCUT2D eigenvalue weighted by Gasteiger charge is -2.20. The highest BCUT2D eigenvalue weighted by atomic mass is 16.5. The fraction of sp³-hybridized carbons (Fsp3) is 0.500. The standard InChI is InChI=1S/C18H22N4O2/c23-18(12-5-7-15-16(9-12)21-11-20-15)22-13-6-8-17(19-10-13)24-14-3-1-2-4-14/h6,8,10-12,14H,1-5,7,9H2,(H,20,21)(H,22,23)/t12-/m1/s1. The summed E-state index contributed by atoms with van der Waals surface area (Å²) in [4.78, 5) is 24.2. The van der Waals surface area contributed by atoms with Gasteiger partial charge in [0, 0.05) is 24.1 Å². The predicted octanol–water partition coefficient (Wildman–Crippen LogP) is 2.87. The molecule has 4 rings (SSSR count). The van der Waals surface area contributed by atoms with E-state index in [1.807, 2.05) is 12.1 Å². The molecule has 2 aliphatic carbocycles. The Bertz CT molecular complexity index is 704. The SMILES string of the molecule is O=C(Nc1ccc(OC2CCCC2)nc1)[C@@H]1CCc2nc[nH]c2C1. The number of nitrogens with one attached hydrogen (secondary N) is 2. The number of hydrogen-bond donors (Lipinski definition) is 2. The van der Waals surface area contributed by atoms with Crippen LogP contribution in [-0.2, 0) is 17.6 Å². The number of anilines is 1. The lowest BCUT2D eigenvalue weighted by atomic mass is 9.89. The molecule has 1 atom stereocenters. The smallest absolute Gasteiger partial charge is 0.227 e. The number of rotatable bonds is 4. The quantitative estimate of drug-likeness (QED) is 0.905. The van der Waals surface area contributed by atoms with Gasteiger partial charge in [0.05, 0.1) is 23.9 Å². The Morgan fingerprint density at radius 3 is 2.88 bits per heavy atom. The Hall–Kier alpha value is -2.37. The van der Waals surface area contributed by atoms with Gasteiger partial charge in [-0.05, 0) is 44.6 Å². The first-order chi connectivity index (χ1) is 11.8. The van der Waals surface area contributed by atoms with Crippen LogP contribution < -0.4 is 10.1 Å². The number of pyridine rings is 1. The van der Waals surface area contributed by atoms with Crippen LogP contribution in [0.15, 0.2) is 24.7 Å². The van der Waals surface area contributed by atoms with Crippen molar-refractivity contribution in [1.82, 2.24) is 15.0 Å². The molecular formula is C18H22N4O2. The van der Waals surface area contributed by atoms with Gasteiger partial charge in [-0.3, -0.25) is 4.79 Å². The minimum atomic E-state index is -0.0210. The van der Waals surface area contributed by atoms with Crippen LogP contribution >= 0.6 is 0 Å². The van der Waals surface area contributed by atoms with Crippen molar-refractivity contribution in [1.29, 1.82) is 0 Å². The molecular weight excluding hydrogens is 304 g/mol. The molecule has 0 radical (unpaired) electrons. The maximum Gasteiger partial charge on any atom is 0.227 e. The van der Waals surface area contributed by atoms with E-state index in [9.17, 15) is 4.79 Å². The molecule has 0 spiro atoms. The van der Waals surface area contributed by atoms with Crippen molar-refractivity contribution in [3.05, 3.63) is 36.0 Å². The number of carbonyl (C=O) groups is 1. The summed E-state index contributed by atoms with van der Waals surface area (Å²) >= 11 is 0. The molecule has 2 N–H and O–H groups in total. The summed E-state index contributed by atoms with van der Waals surface area (Å²) in [5, 5.41) is 2.96. The maximum atomic E-state index is 12.5. The van der Waals surface area contributed by atoms with Crippen LogP contribution in [0, 0.1) is 5.92 Å². The van der Waals surface area contributed by atoms with Crippen LogP contribution in [0.3, 0.4) is 0 Å². The highest BCUT2D eigenvalue weighted by Gasteiger charge is 2.26. The van der Waals surface area contributed by atoms with Crippen molar-refractivity contribution in [3.63, 3.8) is 0 Å². The molecule has 6 nitrogen and oxygen atoms in total. The van der Waals surface area contributed by atoms with Crippen molar-refractivity contribution in [2.45, 2.75) is 51.0 Å². The summed E-state index contributed by atoms with van der Waals surface area (Å²) in [5.41, 5.74) is 2.89. The average Bonchev–Trinajstić information content (AvgIpc) is 3.27. The second-order valence-corrected chi connectivity index (χ2v) is 6.67. The monoisotopic (exact) mass is 326 g/mol. The first-order valence-electron chi connectivity index (χ1n) is 8.72. The van der Waals surface area contributed by atoms with Crippen LogP contribution in [0.2, 0.25) is 0 Å². The van der Waals surface area contributed by atoms with Crippen LogP contribution in [0.4, 0.5) is 5.69 Å². The van der Waals surface area contributed by atoms with E-state index < -0.39 is 0 Å². The molecule has 2 aliphatic rings. The van der Waals surface area contributed by atoms with Crippen molar-refractivity contribution < 1.29 is 9.53 Å². The van der Waals surface area contributed by atoms with Gasteiger partial charge in [0.15, 0.2) is 0 Å². The molecule has 0 unspecified atom stereocenters. The number of imidazole rings is 1. The van der Waals surface area contributed by atoms with Crippen LogP contribution in [0.5, 0.6) is 5.88 Å². The molecule has 0 aliphatic heterocycles. The number of hydrogen-bond acceptors (Lipinski definition) is 4. The Balaban J connectivity index is 1.34. The summed E-state index contributed by atoms with van der Waals surface area (Å²) in [5.74, 6) is 0.661. The van der Waals surface area contributed by atoms with Crippen molar-refractivity contribution in [2.24, 2.45) is 5.92 Å². The number of carbonyl (C=O) groups excluding carboxylic acids is 1. The largest absolute Gasteiger partial charge is 0.474 e. The van der Waals surface area contributed by atoms with Gasteiger partial charge < -0.3 is 15.0 Å². The van der Waals surface area contributed by atoms with Crippen LogP contribution in [0.25, 0.3) is 0 Å². The van der Waals surface area contributed by atoms with E-state index in [0.29, 0.717) is 17.7 Å². The number of aryl methyl sites for hydroxylation is 1. The minimum absolute atomic E-state index is 0.0210. The van der Waals surface area contributed by atoms with Gasteiger partial charge in [-0.1, -0.05) is 0 Å². The van der Waals surface area contributed by atoms with E-state index in [1.54, 1.807) is 12.5 Å². The molecule has 0 aromatic carbocycles. The molecule has 1 amide bonds. The molecule has 2 heterocycles. The van der Waals surface area contributed by atoms with Gasteiger partial charge in [0.1, 0.15) is 6.10 Å². The fourth-order valence-corrected chi connectivity index (χ4v) is 3.57. The van der Waals surface area contributed by atoms with Crippen LogP contribution in [-0.4, -0.2) is 27.0 Å². The summed E-state index contributed by atoms with van der Waals surface area (Å²) in [6.07, 6.45) is 10.8. The lowest BCUT2D eigenvalue weighted by molar-refractivity contribution is -0.120. The molecule has 0 saturated heterocycles. The predicted molar refractivity (Wildman–Crippen MR) is 89.9 cm³/mol. The zero-order chi connectivity index (χ0) is 16.4. The van der Waals surface area contributed by atoms with Gasteiger partial charge in [-0.25, -0.2) is 9.97 Å². The number of aromatic amines is 1. The molecule has 2 aromatic heterocycles. The third-order valence-electron chi connectivity index (χ3n) is 4.95. The van der Waals surface area contributed by atoms with Gasteiger partial charge >= 0.3 is 0 Å². The second-order valence-electron chi connectivity index (χ2n) is 6.67. The van der Waals surface area contributed by atoms with E-state index in [4.69, 9.17) is 4.74 Å². The maximum absolute atomic E-state index is 12.5. The molecule has 1 saturated carbocycles. The third-order valence-corrected chi connectivity index (χ3v) is 4.95. The van der Waals surface area contributed by atoms with Gasteiger partial charge in [0.25, 0.3) is 0 Å². The average molecular weight is 326 g/mol. The fourth-order valence-electron chi connectivity index (χ4n) is 3.57. The van der Waals surface area contributed by atoms with E-state index in [-0.39, 0.29) is 11.8 Å². The van der Waals surface area contributed by atoms with E-state index in [2.05, 4.69) is 20.3 Å². The van der Waals surface area contributed by atoms with E-state index in [0.717, 1.165) is 43.5 Å². The summed E-state index contributed by atoms with van der Waals surface area (Å²) in [7, 11) is 0. The first-order valence-corrected chi connectivity index (χ1v) is 8.72. The third kappa shape index (κ3) is 3.27. The molecule has 2 aromatic rings. The number of amides is 1. The summed E-state index contributed by atoms with van der Waals surface area (Å²) < 4.78 is 5.85. The van der Waals surface area contributed by atoms with Crippen molar-refractivity contribution in [3.8, 4) is 5.88 Å². The Morgan fingerprint density at radius 1 is 1.21 bits per heavy atom. The van der Waals surface area contributed by atoms with Crippen molar-refractivity contribution in [2.75, 3.05) is 5.32 Å². The normalized spacial score (nSPS) is 20.6. The summed E-state index contributed by atoms with van der Waals surface area (Å²) in [6.45, 7) is 0. The Kier molecular flexibility index (Phi) is 4.19. The zero-order valence-corrected chi connectivity index (χ0v) is 13.6. The number of nitrogens with zero attached hydrogens (tertiary/aromatic N) is 2. The van der Waals surface area contributed by atoms with E-state index >= 15 is 0 Å². The Morgan fingerprint density at radius 2 is 2.08 bits per heavy atom. The number of fused-ring (bicyclic) bond motifs is 1. The van der Waals surface area contributed by atoms with Crippen molar-refractivity contribution >= 4 is 11.6 Å². The highest BCUT2D eigenvalue weighted by molar-refractivity contribution is 5.92. The second kappa shape index (κ2) is 6.63. The molecule has 1 fully saturated rings. The number of aromatic nitrogens is 3.